The predicted octanol–water partition coefficient (Wildman–Crippen LogP) is 3.39. The quantitative estimate of drug-likeness (QED) is 0.601. The molecule has 0 saturated carbocycles. The highest BCUT2D eigenvalue weighted by molar-refractivity contribution is 5.95. The van der Waals surface area contributed by atoms with Gasteiger partial charge in [-0.15, -0.1) is 0 Å². The molecule has 1 aromatic heterocycles. The molecule has 5 rings (SSSR count). The molecule has 36 heavy (non-hydrogen) atoms. The number of hydrogen-bond donors (Lipinski definition) is 1. The zero-order chi connectivity index (χ0) is 25.4. The summed E-state index contributed by atoms with van der Waals surface area (Å²) in [5, 5.41) is 10.3. The number of fused-ring (bicyclic) bond motifs is 3. The molecular formula is C29H32N4O3. The highest BCUT2D eigenvalue weighted by atomic mass is 16.3. The van der Waals surface area contributed by atoms with E-state index in [1.165, 1.54) is 0 Å². The Kier molecular flexibility index (Phi) is 6.49. The van der Waals surface area contributed by atoms with E-state index in [9.17, 15) is 14.7 Å². The number of likely N-dealkylation sites (tertiary alicyclic amines) is 1. The molecule has 0 radical (unpaired) electrons. The Bertz CT molecular complexity index is 1280. The molecule has 1 fully saturated rings. The number of likely N-dealkylation sites (N-methyl/N-ethyl adjacent to an activating group) is 1. The molecule has 7 nitrogen and oxygen atoms in total. The first kappa shape index (κ1) is 24.0. The first-order valence-electron chi connectivity index (χ1n) is 12.4. The fourth-order valence-electron chi connectivity index (χ4n) is 5.76. The number of carbonyl (C=O) groups excluding carboxylic acids is 2. The molecule has 3 heterocycles. The third kappa shape index (κ3) is 4.24. The first-order chi connectivity index (χ1) is 17.4. The van der Waals surface area contributed by atoms with Gasteiger partial charge < -0.3 is 19.8 Å². The van der Waals surface area contributed by atoms with Gasteiger partial charge in [0.1, 0.15) is 0 Å². The van der Waals surface area contributed by atoms with Gasteiger partial charge >= 0.3 is 0 Å². The largest absolute Gasteiger partial charge is 0.394 e. The zero-order valence-electron chi connectivity index (χ0n) is 21.0. The van der Waals surface area contributed by atoms with Crippen molar-refractivity contribution in [1.82, 2.24) is 14.8 Å². The van der Waals surface area contributed by atoms with E-state index in [-0.39, 0.29) is 42.8 Å². The summed E-state index contributed by atoms with van der Waals surface area (Å²) in [5.41, 5.74) is 5.46. The fraction of sp³-hybridized carbons (Fsp3) is 0.345. The van der Waals surface area contributed by atoms with Crippen LogP contribution in [0, 0.1) is 5.92 Å². The molecule has 0 aliphatic carbocycles. The van der Waals surface area contributed by atoms with Gasteiger partial charge in [0.2, 0.25) is 5.91 Å². The van der Waals surface area contributed by atoms with Gasteiger partial charge in [0.05, 0.1) is 25.1 Å². The van der Waals surface area contributed by atoms with Crippen LogP contribution in [-0.4, -0.2) is 72.0 Å². The van der Waals surface area contributed by atoms with E-state index in [1.54, 1.807) is 25.2 Å². The third-order valence-electron chi connectivity index (χ3n) is 7.58. The zero-order valence-corrected chi connectivity index (χ0v) is 21.0. The summed E-state index contributed by atoms with van der Waals surface area (Å²) in [4.78, 5) is 36.0. The lowest BCUT2D eigenvalue weighted by molar-refractivity contribution is -0.132. The van der Waals surface area contributed by atoms with Crippen LogP contribution in [0.3, 0.4) is 0 Å². The fourth-order valence-corrected chi connectivity index (χ4v) is 5.76. The lowest BCUT2D eigenvalue weighted by Crippen LogP contribution is -2.48. The summed E-state index contributed by atoms with van der Waals surface area (Å²) in [6.07, 6.45) is 2.81. The number of carbonyl (C=O) groups is 2. The van der Waals surface area contributed by atoms with E-state index >= 15 is 0 Å². The molecule has 3 atom stereocenters. The number of pyridine rings is 1. The van der Waals surface area contributed by atoms with Gasteiger partial charge in [-0.05, 0) is 59.5 Å². The topological polar surface area (TPSA) is 77.0 Å². The van der Waals surface area contributed by atoms with Crippen LogP contribution in [-0.2, 0) is 11.2 Å². The second-order valence-electron chi connectivity index (χ2n) is 9.90. The van der Waals surface area contributed by atoms with Crippen LogP contribution in [0.15, 0.2) is 66.9 Å². The minimum absolute atomic E-state index is 0.0375. The molecule has 3 aromatic rings. The number of aromatic nitrogens is 1. The van der Waals surface area contributed by atoms with Gasteiger partial charge in [0, 0.05) is 56.7 Å². The van der Waals surface area contributed by atoms with Crippen LogP contribution in [0.25, 0.3) is 11.1 Å². The normalized spacial score (nSPS) is 20.6. The minimum atomic E-state index is -0.115. The lowest BCUT2D eigenvalue weighted by Gasteiger charge is -2.44. The number of nitrogens with zero attached hydrogens (tertiary/aromatic N) is 4. The van der Waals surface area contributed by atoms with E-state index in [2.05, 4.69) is 28.1 Å². The van der Waals surface area contributed by atoms with Gasteiger partial charge in [-0.2, -0.15) is 0 Å². The van der Waals surface area contributed by atoms with Crippen LogP contribution >= 0.6 is 0 Å². The van der Waals surface area contributed by atoms with Crippen LogP contribution in [0.1, 0.15) is 34.1 Å². The molecule has 1 saturated heterocycles. The van der Waals surface area contributed by atoms with Crippen molar-refractivity contribution in [3.63, 3.8) is 0 Å². The Morgan fingerprint density at radius 1 is 1.06 bits per heavy atom. The third-order valence-corrected chi connectivity index (χ3v) is 7.58. The van der Waals surface area contributed by atoms with E-state index in [1.807, 2.05) is 54.4 Å². The molecule has 186 valence electrons. The summed E-state index contributed by atoms with van der Waals surface area (Å²) in [6.45, 7) is 0.692. The van der Waals surface area contributed by atoms with Gasteiger partial charge in [-0.3, -0.25) is 14.6 Å². The van der Waals surface area contributed by atoms with E-state index < -0.39 is 0 Å². The van der Waals surface area contributed by atoms with Gasteiger partial charge in [-0.25, -0.2) is 0 Å². The van der Waals surface area contributed by atoms with Gasteiger partial charge in [-0.1, -0.05) is 24.3 Å². The Balaban J connectivity index is 1.54. The summed E-state index contributed by atoms with van der Waals surface area (Å²) in [5.74, 6) is 0.150. The highest BCUT2D eigenvalue weighted by Gasteiger charge is 2.47. The molecule has 2 amide bonds. The predicted molar refractivity (Wildman–Crippen MR) is 140 cm³/mol. The van der Waals surface area contributed by atoms with Crippen molar-refractivity contribution in [2.24, 2.45) is 5.92 Å². The van der Waals surface area contributed by atoms with Crippen LogP contribution in [0.2, 0.25) is 0 Å². The number of amides is 2. The maximum absolute atomic E-state index is 13.5. The van der Waals surface area contributed by atoms with E-state index in [0.29, 0.717) is 12.1 Å². The van der Waals surface area contributed by atoms with Gasteiger partial charge in [0.25, 0.3) is 5.91 Å². The van der Waals surface area contributed by atoms with Crippen molar-refractivity contribution in [3.05, 3.63) is 83.7 Å². The maximum atomic E-state index is 13.5. The SMILES string of the molecule is CN(C)C(=O)c1cccc(-c2ccc3c(c2)[C@@H]2[C@@H](CCN2C(=O)Cc2ccccn2)[C@@H](CO)N3C)c1. The molecule has 2 aliphatic heterocycles. The Labute approximate surface area is 212 Å². The number of rotatable bonds is 5. The average Bonchev–Trinajstić information content (AvgIpc) is 3.34. The standard InChI is InChI=1S/C29H32N4O3/c1-31(2)29(36)21-8-6-7-19(15-21)20-10-11-25-24(16-20)28-23(26(18-34)32(25)3)12-14-33(28)27(35)17-22-9-4-5-13-30-22/h4-11,13,15-16,23,26,28,34H,12,14,17-18H2,1-3H3/t23-,26+,28-/m0/s1. The van der Waals surface area contributed by atoms with Crippen LogP contribution in [0.5, 0.6) is 0 Å². The van der Waals surface area contributed by atoms with Crippen molar-refractivity contribution < 1.29 is 14.7 Å². The summed E-state index contributed by atoms with van der Waals surface area (Å²) < 4.78 is 0. The van der Waals surface area contributed by atoms with Crippen molar-refractivity contribution in [2.45, 2.75) is 24.9 Å². The number of benzene rings is 2. The van der Waals surface area contributed by atoms with Gasteiger partial charge in [0.15, 0.2) is 0 Å². The molecule has 0 bridgehead atoms. The highest BCUT2D eigenvalue weighted by Crippen LogP contribution is 2.49. The Morgan fingerprint density at radius 2 is 1.86 bits per heavy atom. The van der Waals surface area contributed by atoms with E-state index in [0.717, 1.165) is 34.5 Å². The number of aliphatic hydroxyl groups excluding tert-OH is 1. The smallest absolute Gasteiger partial charge is 0.253 e. The summed E-state index contributed by atoms with van der Waals surface area (Å²) >= 11 is 0. The summed E-state index contributed by atoms with van der Waals surface area (Å²) in [7, 11) is 5.51. The van der Waals surface area contributed by atoms with Crippen molar-refractivity contribution in [1.29, 1.82) is 0 Å². The molecule has 2 aliphatic rings. The summed E-state index contributed by atoms with van der Waals surface area (Å²) in [6, 6.07) is 19.4. The second kappa shape index (κ2) is 9.74. The lowest BCUT2D eigenvalue weighted by atomic mass is 9.81. The van der Waals surface area contributed by atoms with E-state index in [4.69, 9.17) is 0 Å². The van der Waals surface area contributed by atoms with Crippen molar-refractivity contribution in [2.75, 3.05) is 39.2 Å². The Hall–Kier alpha value is -3.71. The minimum Gasteiger partial charge on any atom is -0.394 e. The molecular weight excluding hydrogens is 452 g/mol. The van der Waals surface area contributed by atoms with Crippen LogP contribution < -0.4 is 4.90 Å². The number of aliphatic hydroxyl groups is 1. The van der Waals surface area contributed by atoms with Crippen molar-refractivity contribution in [3.8, 4) is 11.1 Å². The molecule has 0 unspecified atom stereocenters. The van der Waals surface area contributed by atoms with Crippen LogP contribution in [0.4, 0.5) is 5.69 Å². The maximum Gasteiger partial charge on any atom is 0.253 e. The number of anilines is 1. The molecule has 1 N–H and O–H groups in total. The Morgan fingerprint density at radius 3 is 2.58 bits per heavy atom. The van der Waals surface area contributed by atoms with Crippen molar-refractivity contribution >= 4 is 17.5 Å². The monoisotopic (exact) mass is 484 g/mol. The molecule has 2 aromatic carbocycles. The second-order valence-corrected chi connectivity index (χ2v) is 9.90. The first-order valence-corrected chi connectivity index (χ1v) is 12.4. The molecule has 7 heteroatoms. The molecule has 0 spiro atoms. The number of hydrogen-bond acceptors (Lipinski definition) is 5. The average molecular weight is 485 g/mol.